The third-order valence-electron chi connectivity index (χ3n) is 2.62. The zero-order valence-corrected chi connectivity index (χ0v) is 11.6. The molecule has 0 aliphatic rings. The Labute approximate surface area is 116 Å². The van der Waals surface area contributed by atoms with Gasteiger partial charge in [-0.05, 0) is 25.1 Å². The van der Waals surface area contributed by atoms with E-state index in [9.17, 15) is 9.18 Å². The topological polar surface area (TPSA) is 46.3 Å². The molecule has 1 aromatic carbocycles. The third-order valence-corrected chi connectivity index (χ3v) is 2.62. The van der Waals surface area contributed by atoms with E-state index in [-0.39, 0.29) is 23.3 Å². The van der Waals surface area contributed by atoms with Crippen molar-refractivity contribution in [3.05, 3.63) is 53.8 Å². The van der Waals surface area contributed by atoms with E-state index in [4.69, 9.17) is 4.42 Å². The Morgan fingerprint density at radius 2 is 2.15 bits per heavy atom. The number of carbonyl (C=O) groups excluding carboxylic acids is 1. The molecule has 0 radical (unpaired) electrons. The number of nitrogens with zero attached hydrogens (tertiary/aromatic N) is 2. The number of aryl methyl sites for hydroxylation is 1. The van der Waals surface area contributed by atoms with Gasteiger partial charge in [0.15, 0.2) is 5.76 Å². The summed E-state index contributed by atoms with van der Waals surface area (Å²) in [5.41, 5.74) is 0.987. The maximum atomic E-state index is 13.2. The standard InChI is InChI=1S/C15H15FN2O2/c1-10-14(13(19)7-8-18(2)3)20-15(17-10)11-5-4-6-12(16)9-11/h4-9H,1-3H3. The van der Waals surface area contributed by atoms with Crippen LogP contribution in [0, 0.1) is 12.7 Å². The molecule has 0 bridgehead atoms. The van der Waals surface area contributed by atoms with Crippen LogP contribution in [0.2, 0.25) is 0 Å². The van der Waals surface area contributed by atoms with E-state index < -0.39 is 0 Å². The van der Waals surface area contributed by atoms with Gasteiger partial charge < -0.3 is 9.32 Å². The van der Waals surface area contributed by atoms with Gasteiger partial charge in [-0.3, -0.25) is 4.79 Å². The number of benzene rings is 1. The molecule has 104 valence electrons. The highest BCUT2D eigenvalue weighted by Gasteiger charge is 2.16. The summed E-state index contributed by atoms with van der Waals surface area (Å²) >= 11 is 0. The summed E-state index contributed by atoms with van der Waals surface area (Å²) in [6.07, 6.45) is 3.04. The molecule has 0 spiro atoms. The van der Waals surface area contributed by atoms with E-state index in [0.717, 1.165) is 0 Å². The first kappa shape index (κ1) is 14.0. The number of oxazole rings is 1. The lowest BCUT2D eigenvalue weighted by Crippen LogP contribution is -2.03. The average Bonchev–Trinajstić information content (AvgIpc) is 2.78. The van der Waals surface area contributed by atoms with Gasteiger partial charge in [0.05, 0.1) is 5.69 Å². The molecule has 0 amide bonds. The molecule has 0 saturated heterocycles. The maximum Gasteiger partial charge on any atom is 0.227 e. The lowest BCUT2D eigenvalue weighted by Gasteiger charge is -2.01. The lowest BCUT2D eigenvalue weighted by atomic mass is 10.2. The van der Waals surface area contributed by atoms with E-state index in [1.54, 1.807) is 30.2 Å². The molecule has 0 unspecified atom stereocenters. The Morgan fingerprint density at radius 1 is 1.40 bits per heavy atom. The molecule has 0 aliphatic carbocycles. The van der Waals surface area contributed by atoms with E-state index in [2.05, 4.69) is 4.98 Å². The fourth-order valence-electron chi connectivity index (χ4n) is 1.66. The van der Waals surface area contributed by atoms with Crippen LogP contribution < -0.4 is 0 Å². The normalized spacial score (nSPS) is 11.0. The van der Waals surface area contributed by atoms with Gasteiger partial charge in [0.1, 0.15) is 5.82 Å². The first-order valence-corrected chi connectivity index (χ1v) is 6.09. The van der Waals surface area contributed by atoms with E-state index in [1.165, 1.54) is 18.2 Å². The van der Waals surface area contributed by atoms with Crippen molar-refractivity contribution in [2.75, 3.05) is 14.1 Å². The predicted octanol–water partition coefficient (Wildman–Crippen LogP) is 3.05. The monoisotopic (exact) mass is 274 g/mol. The van der Waals surface area contributed by atoms with Gasteiger partial charge in [-0.2, -0.15) is 0 Å². The smallest absolute Gasteiger partial charge is 0.227 e. The Morgan fingerprint density at radius 3 is 2.80 bits per heavy atom. The van der Waals surface area contributed by atoms with Crippen LogP contribution >= 0.6 is 0 Å². The second-order valence-corrected chi connectivity index (χ2v) is 4.59. The molecule has 1 aromatic heterocycles. The van der Waals surface area contributed by atoms with Gasteiger partial charge in [-0.1, -0.05) is 6.07 Å². The second kappa shape index (κ2) is 5.69. The number of aromatic nitrogens is 1. The number of rotatable bonds is 4. The molecule has 0 aliphatic heterocycles. The largest absolute Gasteiger partial charge is 0.432 e. The molecule has 0 saturated carbocycles. The third kappa shape index (κ3) is 3.12. The molecule has 0 fully saturated rings. The lowest BCUT2D eigenvalue weighted by molar-refractivity contribution is 0.102. The molecule has 0 atom stereocenters. The first-order chi connectivity index (χ1) is 9.47. The molecule has 4 nitrogen and oxygen atoms in total. The fourth-order valence-corrected chi connectivity index (χ4v) is 1.66. The summed E-state index contributed by atoms with van der Waals surface area (Å²) in [4.78, 5) is 17.9. The minimum Gasteiger partial charge on any atom is -0.432 e. The summed E-state index contributed by atoms with van der Waals surface area (Å²) in [6.45, 7) is 1.68. The fraction of sp³-hybridized carbons (Fsp3) is 0.200. The number of allylic oxidation sites excluding steroid dienone is 1. The number of ketones is 1. The number of halogens is 1. The summed E-state index contributed by atoms with van der Waals surface area (Å²) in [5.74, 6) is -0.240. The van der Waals surface area contributed by atoms with Crippen molar-refractivity contribution in [3.8, 4) is 11.5 Å². The SMILES string of the molecule is Cc1nc(-c2cccc(F)c2)oc1C(=O)C=CN(C)C. The van der Waals surface area contributed by atoms with E-state index in [1.807, 2.05) is 14.1 Å². The molecule has 20 heavy (non-hydrogen) atoms. The quantitative estimate of drug-likeness (QED) is 0.635. The van der Waals surface area contributed by atoms with Crippen molar-refractivity contribution in [2.45, 2.75) is 6.92 Å². The van der Waals surface area contributed by atoms with Crippen molar-refractivity contribution in [1.29, 1.82) is 0 Å². The van der Waals surface area contributed by atoms with Gasteiger partial charge in [0.2, 0.25) is 11.7 Å². The molecule has 0 N–H and O–H groups in total. The van der Waals surface area contributed by atoms with Crippen molar-refractivity contribution < 1.29 is 13.6 Å². The highest BCUT2D eigenvalue weighted by Crippen LogP contribution is 2.22. The highest BCUT2D eigenvalue weighted by atomic mass is 19.1. The molecule has 2 aromatic rings. The van der Waals surface area contributed by atoms with Crippen LogP contribution in [-0.2, 0) is 0 Å². The van der Waals surface area contributed by atoms with Gasteiger partial charge in [-0.15, -0.1) is 0 Å². The number of hydrogen-bond acceptors (Lipinski definition) is 4. The number of carbonyl (C=O) groups is 1. The molecular weight excluding hydrogens is 259 g/mol. The van der Waals surface area contributed by atoms with Gasteiger partial charge >= 0.3 is 0 Å². The summed E-state index contributed by atoms with van der Waals surface area (Å²) in [7, 11) is 3.63. The summed E-state index contributed by atoms with van der Waals surface area (Å²) < 4.78 is 18.6. The zero-order valence-electron chi connectivity index (χ0n) is 11.6. The van der Waals surface area contributed by atoms with Crippen molar-refractivity contribution in [3.63, 3.8) is 0 Å². The first-order valence-electron chi connectivity index (χ1n) is 6.09. The van der Waals surface area contributed by atoms with Crippen LogP contribution in [0.1, 0.15) is 16.2 Å². The predicted molar refractivity (Wildman–Crippen MR) is 73.8 cm³/mol. The van der Waals surface area contributed by atoms with Crippen molar-refractivity contribution in [1.82, 2.24) is 9.88 Å². The van der Waals surface area contributed by atoms with Crippen LogP contribution in [0.4, 0.5) is 4.39 Å². The van der Waals surface area contributed by atoms with Crippen LogP contribution in [0.5, 0.6) is 0 Å². The maximum absolute atomic E-state index is 13.2. The number of hydrogen-bond donors (Lipinski definition) is 0. The van der Waals surface area contributed by atoms with Gasteiger partial charge in [0.25, 0.3) is 0 Å². The Kier molecular flexibility index (Phi) is 3.98. The van der Waals surface area contributed by atoms with Crippen LogP contribution in [0.15, 0.2) is 41.0 Å². The molecule has 5 heteroatoms. The molecule has 2 rings (SSSR count). The second-order valence-electron chi connectivity index (χ2n) is 4.59. The highest BCUT2D eigenvalue weighted by molar-refractivity contribution is 6.03. The van der Waals surface area contributed by atoms with E-state index in [0.29, 0.717) is 11.3 Å². The molecular formula is C15H15FN2O2. The minimum absolute atomic E-state index is 0.169. The van der Waals surface area contributed by atoms with Crippen molar-refractivity contribution >= 4 is 5.78 Å². The zero-order chi connectivity index (χ0) is 14.7. The summed E-state index contributed by atoms with van der Waals surface area (Å²) in [6, 6.07) is 5.90. The van der Waals surface area contributed by atoms with Crippen LogP contribution in [0.25, 0.3) is 11.5 Å². The Hall–Kier alpha value is -2.43. The molecule has 1 heterocycles. The van der Waals surface area contributed by atoms with Crippen molar-refractivity contribution in [2.24, 2.45) is 0 Å². The average molecular weight is 274 g/mol. The van der Waals surface area contributed by atoms with Gasteiger partial charge in [0, 0.05) is 31.9 Å². The van der Waals surface area contributed by atoms with Crippen LogP contribution in [0.3, 0.4) is 0 Å². The Bertz CT molecular complexity index is 660. The Balaban J connectivity index is 2.32. The van der Waals surface area contributed by atoms with Gasteiger partial charge in [-0.25, -0.2) is 9.37 Å². The minimum atomic E-state index is -0.376. The summed E-state index contributed by atoms with van der Waals surface area (Å²) in [5, 5.41) is 0. The van der Waals surface area contributed by atoms with Crippen LogP contribution in [-0.4, -0.2) is 29.8 Å². The van der Waals surface area contributed by atoms with E-state index >= 15 is 0 Å².